The summed E-state index contributed by atoms with van der Waals surface area (Å²) in [5.74, 6) is 1.20. The lowest BCUT2D eigenvalue weighted by molar-refractivity contribution is 0.481. The van der Waals surface area contributed by atoms with E-state index in [0.717, 1.165) is 5.82 Å². The van der Waals surface area contributed by atoms with E-state index < -0.39 is 0 Å². The molecule has 1 heterocycles. The molecule has 2 N–H and O–H groups in total. The number of hydrogen-bond acceptors (Lipinski definition) is 3. The topological polar surface area (TPSA) is 51.8 Å². The van der Waals surface area contributed by atoms with Gasteiger partial charge in [-0.15, -0.1) is 0 Å². The Morgan fingerprint density at radius 3 is 2.38 bits per heavy atom. The average Bonchev–Trinajstić information content (AvgIpc) is 2.08. The molecule has 0 saturated heterocycles. The van der Waals surface area contributed by atoms with Crippen LogP contribution in [-0.2, 0) is 6.42 Å². The Bertz CT molecular complexity index is 258. The van der Waals surface area contributed by atoms with Crippen LogP contribution in [0.4, 0.5) is 0 Å². The minimum absolute atomic E-state index is 0.112. The van der Waals surface area contributed by atoms with E-state index in [4.69, 9.17) is 17.3 Å². The van der Waals surface area contributed by atoms with Gasteiger partial charge in [-0.1, -0.05) is 25.4 Å². The van der Waals surface area contributed by atoms with Gasteiger partial charge in [-0.2, -0.15) is 0 Å². The molecular weight excluding hydrogens is 186 g/mol. The van der Waals surface area contributed by atoms with Gasteiger partial charge in [-0.25, -0.2) is 9.97 Å². The fraction of sp³-hybridized carbons (Fsp3) is 0.556. The molecule has 72 valence electrons. The van der Waals surface area contributed by atoms with E-state index >= 15 is 0 Å². The van der Waals surface area contributed by atoms with Crippen LogP contribution in [0.1, 0.15) is 19.7 Å². The lowest BCUT2D eigenvalue weighted by Crippen LogP contribution is -2.29. The number of nitrogens with two attached hydrogens (primary N) is 1. The average molecular weight is 200 g/mol. The zero-order valence-corrected chi connectivity index (χ0v) is 8.62. The van der Waals surface area contributed by atoms with Gasteiger partial charge in [0.15, 0.2) is 0 Å². The molecule has 0 aliphatic carbocycles. The van der Waals surface area contributed by atoms with Crippen molar-refractivity contribution in [3.05, 3.63) is 23.2 Å². The van der Waals surface area contributed by atoms with Gasteiger partial charge in [-0.3, -0.25) is 0 Å². The number of hydrogen-bond donors (Lipinski definition) is 1. The third kappa shape index (κ3) is 3.28. The van der Waals surface area contributed by atoms with Crippen LogP contribution >= 0.6 is 11.6 Å². The third-order valence-electron chi connectivity index (χ3n) is 1.95. The molecule has 0 aliphatic rings. The first-order chi connectivity index (χ1) is 6.09. The monoisotopic (exact) mass is 199 g/mol. The molecule has 0 aliphatic heterocycles. The smallest absolute Gasteiger partial charge is 0.129 e. The van der Waals surface area contributed by atoms with E-state index in [1.54, 1.807) is 12.4 Å². The molecule has 0 fully saturated rings. The molecule has 1 atom stereocenters. The van der Waals surface area contributed by atoms with Crippen molar-refractivity contribution >= 4 is 11.6 Å². The largest absolute Gasteiger partial charge is 0.327 e. The molecule has 0 bridgehead atoms. The van der Waals surface area contributed by atoms with Gasteiger partial charge in [0.25, 0.3) is 0 Å². The summed E-state index contributed by atoms with van der Waals surface area (Å²) in [5, 5.41) is 0.557. The predicted octanol–water partition coefficient (Wildman–Crippen LogP) is 1.66. The standard InChI is InChI=1S/C9H14ClN3/c1-6(2)8(11)3-9-12-4-7(10)5-13-9/h4-6,8H,3,11H2,1-2H3. The van der Waals surface area contributed by atoms with E-state index in [2.05, 4.69) is 23.8 Å². The van der Waals surface area contributed by atoms with Gasteiger partial charge in [0.05, 0.1) is 5.02 Å². The summed E-state index contributed by atoms with van der Waals surface area (Å²) in [6.07, 6.45) is 3.89. The van der Waals surface area contributed by atoms with Gasteiger partial charge < -0.3 is 5.73 Å². The summed E-state index contributed by atoms with van der Waals surface area (Å²) < 4.78 is 0. The van der Waals surface area contributed by atoms with Crippen LogP contribution in [0.15, 0.2) is 12.4 Å². The first-order valence-corrected chi connectivity index (χ1v) is 4.69. The number of halogens is 1. The van der Waals surface area contributed by atoms with Crippen molar-refractivity contribution in [1.82, 2.24) is 9.97 Å². The highest BCUT2D eigenvalue weighted by atomic mass is 35.5. The fourth-order valence-corrected chi connectivity index (χ4v) is 0.989. The highest BCUT2D eigenvalue weighted by Gasteiger charge is 2.09. The predicted molar refractivity (Wildman–Crippen MR) is 53.6 cm³/mol. The summed E-state index contributed by atoms with van der Waals surface area (Å²) >= 11 is 5.65. The molecule has 1 aromatic rings. The minimum Gasteiger partial charge on any atom is -0.327 e. The molecule has 13 heavy (non-hydrogen) atoms. The number of aromatic nitrogens is 2. The van der Waals surface area contributed by atoms with Crippen LogP contribution in [0.5, 0.6) is 0 Å². The second-order valence-electron chi connectivity index (χ2n) is 3.43. The normalized spacial score (nSPS) is 13.3. The maximum atomic E-state index is 5.87. The van der Waals surface area contributed by atoms with Crippen molar-refractivity contribution in [3.63, 3.8) is 0 Å². The molecule has 3 nitrogen and oxygen atoms in total. The van der Waals surface area contributed by atoms with Crippen molar-refractivity contribution in [2.45, 2.75) is 26.3 Å². The van der Waals surface area contributed by atoms with Crippen molar-refractivity contribution < 1.29 is 0 Å². The van der Waals surface area contributed by atoms with Gasteiger partial charge in [-0.05, 0) is 5.92 Å². The SMILES string of the molecule is CC(C)C(N)Cc1ncc(Cl)cn1. The number of nitrogens with zero attached hydrogens (tertiary/aromatic N) is 2. The second-order valence-corrected chi connectivity index (χ2v) is 3.87. The fourth-order valence-electron chi connectivity index (χ4n) is 0.891. The van der Waals surface area contributed by atoms with Crippen LogP contribution in [0.2, 0.25) is 5.02 Å². The molecule has 1 aromatic heterocycles. The molecule has 0 aromatic carbocycles. The van der Waals surface area contributed by atoms with Crippen LogP contribution in [-0.4, -0.2) is 16.0 Å². The molecule has 1 rings (SSSR count). The van der Waals surface area contributed by atoms with E-state index in [1.165, 1.54) is 0 Å². The minimum atomic E-state index is 0.112. The summed E-state index contributed by atoms with van der Waals surface area (Å²) in [7, 11) is 0. The number of rotatable bonds is 3. The lowest BCUT2D eigenvalue weighted by Gasteiger charge is -2.13. The molecule has 1 unspecified atom stereocenters. The van der Waals surface area contributed by atoms with Crippen LogP contribution in [0.3, 0.4) is 0 Å². The van der Waals surface area contributed by atoms with Crippen LogP contribution < -0.4 is 5.73 Å². The molecule has 0 amide bonds. The van der Waals surface area contributed by atoms with E-state index in [-0.39, 0.29) is 6.04 Å². The van der Waals surface area contributed by atoms with Gasteiger partial charge in [0, 0.05) is 24.9 Å². The van der Waals surface area contributed by atoms with Gasteiger partial charge >= 0.3 is 0 Å². The summed E-state index contributed by atoms with van der Waals surface area (Å²) in [4.78, 5) is 8.16. The van der Waals surface area contributed by atoms with Crippen LogP contribution in [0, 0.1) is 5.92 Å². The molecule has 0 spiro atoms. The summed E-state index contributed by atoms with van der Waals surface area (Å²) in [6.45, 7) is 4.17. The Kier molecular flexibility index (Phi) is 3.63. The maximum Gasteiger partial charge on any atom is 0.129 e. The first kappa shape index (κ1) is 10.4. The van der Waals surface area contributed by atoms with E-state index in [0.29, 0.717) is 17.4 Å². The first-order valence-electron chi connectivity index (χ1n) is 4.31. The van der Waals surface area contributed by atoms with E-state index in [1.807, 2.05) is 0 Å². The second kappa shape index (κ2) is 4.53. The van der Waals surface area contributed by atoms with E-state index in [9.17, 15) is 0 Å². The molecule has 4 heteroatoms. The molecule has 0 radical (unpaired) electrons. The highest BCUT2D eigenvalue weighted by Crippen LogP contribution is 2.07. The zero-order chi connectivity index (χ0) is 9.84. The Morgan fingerprint density at radius 1 is 1.38 bits per heavy atom. The Hall–Kier alpha value is -0.670. The van der Waals surface area contributed by atoms with Crippen molar-refractivity contribution in [2.75, 3.05) is 0 Å². The zero-order valence-electron chi connectivity index (χ0n) is 7.87. The Balaban J connectivity index is 2.59. The third-order valence-corrected chi connectivity index (χ3v) is 2.14. The Morgan fingerprint density at radius 2 is 1.92 bits per heavy atom. The van der Waals surface area contributed by atoms with Gasteiger partial charge in [0.2, 0.25) is 0 Å². The maximum absolute atomic E-state index is 5.87. The quantitative estimate of drug-likeness (QED) is 0.806. The Labute approximate surface area is 83.3 Å². The van der Waals surface area contributed by atoms with Crippen LogP contribution in [0.25, 0.3) is 0 Å². The van der Waals surface area contributed by atoms with Crippen molar-refractivity contribution in [2.24, 2.45) is 11.7 Å². The molecular formula is C9H14ClN3. The molecule has 0 saturated carbocycles. The summed E-state index contributed by atoms with van der Waals surface area (Å²) in [5.41, 5.74) is 5.87. The van der Waals surface area contributed by atoms with Crippen molar-refractivity contribution in [3.8, 4) is 0 Å². The van der Waals surface area contributed by atoms with Crippen molar-refractivity contribution in [1.29, 1.82) is 0 Å². The van der Waals surface area contributed by atoms with Gasteiger partial charge in [0.1, 0.15) is 5.82 Å². The lowest BCUT2D eigenvalue weighted by atomic mass is 10.0. The summed E-state index contributed by atoms with van der Waals surface area (Å²) in [6, 6.07) is 0.112. The highest BCUT2D eigenvalue weighted by molar-refractivity contribution is 6.30.